The molecule has 0 radical (unpaired) electrons. The van der Waals surface area contributed by atoms with E-state index in [1.807, 2.05) is 29.8 Å². The second-order valence-corrected chi connectivity index (χ2v) is 5.42. The highest BCUT2D eigenvalue weighted by molar-refractivity contribution is 7.98. The minimum absolute atomic E-state index is 0.259. The maximum atomic E-state index is 13.0. The molecule has 0 amide bonds. The predicted molar refractivity (Wildman–Crippen MR) is 80.2 cm³/mol. The lowest BCUT2D eigenvalue weighted by Crippen LogP contribution is -1.95. The summed E-state index contributed by atoms with van der Waals surface area (Å²) in [7, 11) is 1.90. The van der Waals surface area contributed by atoms with Crippen LogP contribution in [0.25, 0.3) is 11.4 Å². The fourth-order valence-electron chi connectivity index (χ4n) is 1.91. The zero-order chi connectivity index (χ0) is 14.7. The maximum absolute atomic E-state index is 13.0. The van der Waals surface area contributed by atoms with Gasteiger partial charge in [-0.05, 0) is 36.4 Å². The first-order valence-electron chi connectivity index (χ1n) is 6.42. The van der Waals surface area contributed by atoms with Crippen molar-refractivity contribution in [2.45, 2.75) is 10.9 Å². The highest BCUT2D eigenvalue weighted by atomic mass is 32.2. The molecular formula is C15H13FN4S. The Labute approximate surface area is 126 Å². The van der Waals surface area contributed by atoms with Crippen molar-refractivity contribution >= 4 is 11.8 Å². The molecule has 2 aromatic heterocycles. The Morgan fingerprint density at radius 3 is 2.62 bits per heavy atom. The van der Waals surface area contributed by atoms with Gasteiger partial charge in [0.05, 0.1) is 5.69 Å². The van der Waals surface area contributed by atoms with Gasteiger partial charge in [-0.25, -0.2) is 4.39 Å². The molecule has 0 saturated heterocycles. The Balaban J connectivity index is 1.78. The predicted octanol–water partition coefficient (Wildman–Crippen LogP) is 3.31. The molecule has 0 aliphatic carbocycles. The molecule has 2 heterocycles. The lowest BCUT2D eigenvalue weighted by atomic mass is 10.2. The van der Waals surface area contributed by atoms with Crippen molar-refractivity contribution in [3.8, 4) is 11.4 Å². The van der Waals surface area contributed by atoms with Crippen molar-refractivity contribution in [2.75, 3.05) is 0 Å². The number of benzene rings is 1. The van der Waals surface area contributed by atoms with Gasteiger partial charge in [0.25, 0.3) is 0 Å². The first kappa shape index (κ1) is 13.8. The normalized spacial score (nSPS) is 10.8. The van der Waals surface area contributed by atoms with Crippen LogP contribution in [0.5, 0.6) is 0 Å². The molecule has 21 heavy (non-hydrogen) atoms. The smallest absolute Gasteiger partial charge is 0.191 e. The zero-order valence-electron chi connectivity index (χ0n) is 11.4. The van der Waals surface area contributed by atoms with Crippen LogP contribution in [-0.4, -0.2) is 19.7 Å². The van der Waals surface area contributed by atoms with Gasteiger partial charge in [0, 0.05) is 24.6 Å². The molecule has 0 atom stereocenters. The van der Waals surface area contributed by atoms with Crippen molar-refractivity contribution in [3.63, 3.8) is 0 Å². The van der Waals surface area contributed by atoms with Gasteiger partial charge in [-0.1, -0.05) is 17.8 Å². The largest absolute Gasteiger partial charge is 0.305 e. The number of hydrogen-bond acceptors (Lipinski definition) is 4. The summed E-state index contributed by atoms with van der Waals surface area (Å²) >= 11 is 1.57. The van der Waals surface area contributed by atoms with Gasteiger partial charge in [-0.2, -0.15) is 0 Å². The zero-order valence-corrected chi connectivity index (χ0v) is 12.2. The van der Waals surface area contributed by atoms with E-state index in [-0.39, 0.29) is 5.82 Å². The van der Waals surface area contributed by atoms with E-state index in [2.05, 4.69) is 15.2 Å². The molecule has 6 heteroatoms. The molecule has 3 rings (SSSR count). The van der Waals surface area contributed by atoms with Crippen LogP contribution in [0.1, 0.15) is 5.69 Å². The van der Waals surface area contributed by atoms with E-state index in [1.165, 1.54) is 12.1 Å². The van der Waals surface area contributed by atoms with E-state index in [9.17, 15) is 4.39 Å². The molecule has 4 nitrogen and oxygen atoms in total. The third kappa shape index (κ3) is 3.11. The number of rotatable bonds is 4. The van der Waals surface area contributed by atoms with Crippen molar-refractivity contribution in [2.24, 2.45) is 7.05 Å². The van der Waals surface area contributed by atoms with Crippen molar-refractivity contribution in [3.05, 3.63) is 60.2 Å². The molecule has 0 unspecified atom stereocenters. The molecule has 0 spiro atoms. The Hall–Kier alpha value is -2.21. The molecule has 0 bridgehead atoms. The quantitative estimate of drug-likeness (QED) is 0.693. The van der Waals surface area contributed by atoms with E-state index in [0.29, 0.717) is 0 Å². The molecule has 0 aliphatic heterocycles. The first-order valence-corrected chi connectivity index (χ1v) is 7.40. The van der Waals surface area contributed by atoms with Crippen molar-refractivity contribution in [1.82, 2.24) is 19.7 Å². The van der Waals surface area contributed by atoms with Gasteiger partial charge >= 0.3 is 0 Å². The third-order valence-corrected chi connectivity index (χ3v) is 4.07. The SMILES string of the molecule is Cn1c(SCc2ccccn2)nnc1-c1ccc(F)cc1. The third-order valence-electron chi connectivity index (χ3n) is 3.01. The number of aromatic nitrogens is 4. The highest BCUT2D eigenvalue weighted by Crippen LogP contribution is 2.24. The van der Waals surface area contributed by atoms with Crippen LogP contribution in [-0.2, 0) is 12.8 Å². The van der Waals surface area contributed by atoms with E-state index in [1.54, 1.807) is 30.1 Å². The van der Waals surface area contributed by atoms with Gasteiger partial charge in [0.1, 0.15) is 5.82 Å². The minimum Gasteiger partial charge on any atom is -0.305 e. The van der Waals surface area contributed by atoms with Crippen LogP contribution in [0.15, 0.2) is 53.8 Å². The molecule has 1 aromatic carbocycles. The molecule has 0 N–H and O–H groups in total. The molecule has 0 fully saturated rings. The Morgan fingerprint density at radius 1 is 1.10 bits per heavy atom. The second-order valence-electron chi connectivity index (χ2n) is 4.48. The Kier molecular flexibility index (Phi) is 3.96. The summed E-state index contributed by atoms with van der Waals surface area (Å²) < 4.78 is 14.9. The molecule has 0 saturated carbocycles. The number of nitrogens with zero attached hydrogens (tertiary/aromatic N) is 4. The van der Waals surface area contributed by atoms with Gasteiger partial charge in [-0.15, -0.1) is 10.2 Å². The van der Waals surface area contributed by atoms with E-state index >= 15 is 0 Å². The molecular weight excluding hydrogens is 287 g/mol. The van der Waals surface area contributed by atoms with Crippen LogP contribution in [0.3, 0.4) is 0 Å². The summed E-state index contributed by atoms with van der Waals surface area (Å²) in [5.74, 6) is 1.19. The molecule has 3 aromatic rings. The molecule has 106 valence electrons. The average Bonchev–Trinajstić information content (AvgIpc) is 2.88. The fourth-order valence-corrected chi connectivity index (χ4v) is 2.74. The summed E-state index contributed by atoms with van der Waals surface area (Å²) in [6.45, 7) is 0. The lowest BCUT2D eigenvalue weighted by Gasteiger charge is -2.03. The highest BCUT2D eigenvalue weighted by Gasteiger charge is 2.11. The summed E-state index contributed by atoms with van der Waals surface area (Å²) in [5.41, 5.74) is 1.84. The molecule has 0 aliphatic rings. The number of thioether (sulfide) groups is 1. The minimum atomic E-state index is -0.259. The van der Waals surface area contributed by atoms with E-state index < -0.39 is 0 Å². The fraction of sp³-hybridized carbons (Fsp3) is 0.133. The maximum Gasteiger partial charge on any atom is 0.191 e. The second kappa shape index (κ2) is 6.05. The lowest BCUT2D eigenvalue weighted by molar-refractivity contribution is 0.628. The summed E-state index contributed by atoms with van der Waals surface area (Å²) in [4.78, 5) is 4.28. The Bertz CT molecular complexity index is 725. The number of hydrogen-bond donors (Lipinski definition) is 0. The van der Waals surface area contributed by atoms with Crippen LogP contribution >= 0.6 is 11.8 Å². The van der Waals surface area contributed by atoms with Crippen LogP contribution in [0, 0.1) is 5.82 Å². The van der Waals surface area contributed by atoms with Crippen molar-refractivity contribution < 1.29 is 4.39 Å². The number of pyridine rings is 1. The standard InChI is InChI=1S/C15H13FN4S/c1-20-14(11-5-7-12(16)8-6-11)18-19-15(20)21-10-13-4-2-3-9-17-13/h2-9H,10H2,1H3. The van der Waals surface area contributed by atoms with Crippen LogP contribution in [0.4, 0.5) is 4.39 Å². The van der Waals surface area contributed by atoms with Crippen LogP contribution in [0.2, 0.25) is 0 Å². The van der Waals surface area contributed by atoms with E-state index in [0.717, 1.165) is 28.0 Å². The van der Waals surface area contributed by atoms with Gasteiger partial charge in [-0.3, -0.25) is 4.98 Å². The monoisotopic (exact) mass is 300 g/mol. The van der Waals surface area contributed by atoms with Gasteiger partial charge in [0.2, 0.25) is 0 Å². The Morgan fingerprint density at radius 2 is 1.90 bits per heavy atom. The summed E-state index contributed by atoms with van der Waals surface area (Å²) in [6, 6.07) is 12.1. The van der Waals surface area contributed by atoms with E-state index in [4.69, 9.17) is 0 Å². The average molecular weight is 300 g/mol. The topological polar surface area (TPSA) is 43.6 Å². The van der Waals surface area contributed by atoms with Crippen molar-refractivity contribution in [1.29, 1.82) is 0 Å². The van der Waals surface area contributed by atoms with Gasteiger partial charge in [0.15, 0.2) is 11.0 Å². The first-order chi connectivity index (χ1) is 10.2. The summed E-state index contributed by atoms with van der Waals surface area (Å²) in [6.07, 6.45) is 1.77. The van der Waals surface area contributed by atoms with Crippen LogP contribution < -0.4 is 0 Å². The van der Waals surface area contributed by atoms with Gasteiger partial charge < -0.3 is 4.57 Å². The summed E-state index contributed by atoms with van der Waals surface area (Å²) in [5, 5.41) is 9.17. The number of halogens is 1.